The summed E-state index contributed by atoms with van der Waals surface area (Å²) < 4.78 is 22.7. The van der Waals surface area contributed by atoms with Crippen LogP contribution in [0.25, 0.3) is 0 Å². The van der Waals surface area contributed by atoms with Crippen molar-refractivity contribution in [2.45, 2.75) is 6.92 Å². The van der Waals surface area contributed by atoms with Crippen LogP contribution in [-0.2, 0) is 10.0 Å². The summed E-state index contributed by atoms with van der Waals surface area (Å²) in [4.78, 5) is 0. The molecule has 0 bridgehead atoms. The average Bonchev–Trinajstić information content (AvgIpc) is 2.18. The van der Waals surface area contributed by atoms with Gasteiger partial charge >= 0.3 is 0 Å². The van der Waals surface area contributed by atoms with E-state index in [1.165, 1.54) is 31.2 Å². The number of hydrogen-bond donors (Lipinski definition) is 1. The second kappa shape index (κ2) is 4.16. The number of nitrogens with zero attached hydrogens (tertiary/aromatic N) is 1. The van der Waals surface area contributed by atoms with Crippen molar-refractivity contribution in [3.05, 3.63) is 29.3 Å². The second-order valence-electron chi connectivity index (χ2n) is 2.62. The van der Waals surface area contributed by atoms with E-state index in [0.717, 1.165) is 0 Å². The quantitative estimate of drug-likeness (QED) is 0.814. The van der Waals surface area contributed by atoms with Crippen molar-refractivity contribution >= 4 is 27.3 Å². The number of sulfonamides is 1. The third-order valence-electron chi connectivity index (χ3n) is 1.68. The lowest BCUT2D eigenvalue weighted by Crippen LogP contribution is -2.28. The van der Waals surface area contributed by atoms with Gasteiger partial charge in [0.25, 0.3) is 10.0 Å². The SMILES string of the molecule is CCS(=O)(=O)N(O)c1ccc(Cl)cc1. The van der Waals surface area contributed by atoms with E-state index in [0.29, 0.717) is 5.02 Å². The Morgan fingerprint density at radius 3 is 2.29 bits per heavy atom. The number of anilines is 1. The van der Waals surface area contributed by atoms with Crippen molar-refractivity contribution < 1.29 is 13.6 Å². The molecule has 78 valence electrons. The Kier molecular flexibility index (Phi) is 3.36. The molecule has 1 aromatic rings. The van der Waals surface area contributed by atoms with Gasteiger partial charge in [-0.3, -0.25) is 5.21 Å². The maximum atomic E-state index is 11.2. The molecule has 0 saturated heterocycles. The van der Waals surface area contributed by atoms with E-state index in [1.807, 2.05) is 0 Å². The summed E-state index contributed by atoms with van der Waals surface area (Å²) in [7, 11) is -3.62. The van der Waals surface area contributed by atoms with Crippen molar-refractivity contribution in [3.63, 3.8) is 0 Å². The molecule has 0 aliphatic heterocycles. The summed E-state index contributed by atoms with van der Waals surface area (Å²) in [6.07, 6.45) is 0. The number of benzene rings is 1. The van der Waals surface area contributed by atoms with Crippen LogP contribution in [0.4, 0.5) is 5.69 Å². The van der Waals surface area contributed by atoms with Gasteiger partial charge in [0, 0.05) is 5.02 Å². The Bertz CT molecular complexity index is 401. The highest BCUT2D eigenvalue weighted by Gasteiger charge is 2.17. The second-order valence-corrected chi connectivity index (χ2v) is 5.14. The Hall–Kier alpha value is -0.780. The average molecular weight is 236 g/mol. The van der Waals surface area contributed by atoms with Crippen molar-refractivity contribution in [1.29, 1.82) is 0 Å². The molecule has 0 unspecified atom stereocenters. The minimum Gasteiger partial charge on any atom is -0.274 e. The highest BCUT2D eigenvalue weighted by atomic mass is 35.5. The van der Waals surface area contributed by atoms with Crippen LogP contribution in [0, 0.1) is 0 Å². The zero-order valence-corrected chi connectivity index (χ0v) is 9.09. The van der Waals surface area contributed by atoms with E-state index in [-0.39, 0.29) is 15.9 Å². The van der Waals surface area contributed by atoms with E-state index in [2.05, 4.69) is 0 Å². The van der Waals surface area contributed by atoms with Gasteiger partial charge in [-0.05, 0) is 31.2 Å². The van der Waals surface area contributed by atoms with Crippen LogP contribution in [0.5, 0.6) is 0 Å². The van der Waals surface area contributed by atoms with E-state index >= 15 is 0 Å². The maximum absolute atomic E-state index is 11.2. The summed E-state index contributed by atoms with van der Waals surface area (Å²) in [5.74, 6) is -0.161. The van der Waals surface area contributed by atoms with Crippen molar-refractivity contribution in [1.82, 2.24) is 0 Å². The number of rotatable bonds is 3. The predicted molar refractivity (Wildman–Crippen MR) is 55.2 cm³/mol. The van der Waals surface area contributed by atoms with E-state index in [4.69, 9.17) is 11.6 Å². The molecule has 0 fully saturated rings. The van der Waals surface area contributed by atoms with Crippen LogP contribution >= 0.6 is 11.6 Å². The lowest BCUT2D eigenvalue weighted by atomic mass is 10.3. The summed E-state index contributed by atoms with van der Waals surface area (Å²) in [5, 5.41) is 9.82. The molecule has 0 heterocycles. The molecule has 14 heavy (non-hydrogen) atoms. The highest BCUT2D eigenvalue weighted by molar-refractivity contribution is 7.92. The van der Waals surface area contributed by atoms with Gasteiger partial charge < -0.3 is 0 Å². The molecule has 4 nitrogen and oxygen atoms in total. The molecule has 0 saturated carbocycles. The molecular formula is C8H10ClNO3S. The largest absolute Gasteiger partial charge is 0.274 e. The molecule has 0 aliphatic rings. The van der Waals surface area contributed by atoms with Gasteiger partial charge in [-0.25, -0.2) is 8.42 Å². The lowest BCUT2D eigenvalue weighted by molar-refractivity contribution is 0.316. The minimum absolute atomic E-state index is 0.161. The number of halogens is 1. The normalized spacial score (nSPS) is 11.4. The topological polar surface area (TPSA) is 57.6 Å². The molecule has 0 atom stereocenters. The molecular weight excluding hydrogens is 226 g/mol. The molecule has 0 aliphatic carbocycles. The van der Waals surface area contributed by atoms with Crippen LogP contribution < -0.4 is 4.47 Å². The van der Waals surface area contributed by atoms with Gasteiger partial charge in [0.15, 0.2) is 0 Å². The van der Waals surface area contributed by atoms with Gasteiger partial charge in [-0.1, -0.05) is 11.6 Å². The van der Waals surface area contributed by atoms with Crippen LogP contribution in [0.1, 0.15) is 6.92 Å². The smallest absolute Gasteiger partial charge is 0.257 e. The summed E-state index contributed by atoms with van der Waals surface area (Å²) in [5.41, 5.74) is 0.177. The Balaban J connectivity index is 3.01. The van der Waals surface area contributed by atoms with Gasteiger partial charge in [0.1, 0.15) is 0 Å². The summed E-state index contributed by atoms with van der Waals surface area (Å²) in [6, 6.07) is 5.86. The lowest BCUT2D eigenvalue weighted by Gasteiger charge is -2.15. The predicted octanol–water partition coefficient (Wildman–Crippen LogP) is 1.89. The molecule has 1 N–H and O–H groups in total. The minimum atomic E-state index is -3.62. The fraction of sp³-hybridized carbons (Fsp3) is 0.250. The van der Waals surface area contributed by atoms with E-state index in [1.54, 1.807) is 0 Å². The van der Waals surface area contributed by atoms with Gasteiger partial charge in [0.2, 0.25) is 0 Å². The standard InChI is InChI=1S/C8H10ClNO3S/c1-2-14(12,13)10(11)8-5-3-7(9)4-6-8/h3-6,11H,2H2,1H3. The third kappa shape index (κ3) is 2.37. The maximum Gasteiger partial charge on any atom is 0.257 e. The number of hydrogen-bond acceptors (Lipinski definition) is 3. The van der Waals surface area contributed by atoms with E-state index < -0.39 is 10.0 Å². The van der Waals surface area contributed by atoms with Gasteiger partial charge in [-0.15, -0.1) is 4.47 Å². The van der Waals surface area contributed by atoms with Crippen LogP contribution in [0.3, 0.4) is 0 Å². The Morgan fingerprint density at radius 1 is 1.36 bits per heavy atom. The summed E-state index contributed by atoms with van der Waals surface area (Å²) in [6.45, 7) is 1.45. The Labute approximate surface area is 87.7 Å². The van der Waals surface area contributed by atoms with Crippen LogP contribution in [0.2, 0.25) is 5.02 Å². The fourth-order valence-corrected chi connectivity index (χ4v) is 1.66. The van der Waals surface area contributed by atoms with Crippen LogP contribution in [-0.4, -0.2) is 19.4 Å². The molecule has 0 spiro atoms. The molecule has 1 rings (SSSR count). The zero-order chi connectivity index (χ0) is 10.8. The van der Waals surface area contributed by atoms with Crippen molar-refractivity contribution in [2.75, 3.05) is 10.2 Å². The highest BCUT2D eigenvalue weighted by Crippen LogP contribution is 2.18. The first kappa shape index (κ1) is 11.3. The molecule has 0 amide bonds. The van der Waals surface area contributed by atoms with E-state index in [9.17, 15) is 13.6 Å². The fourth-order valence-electron chi connectivity index (χ4n) is 0.852. The first-order chi connectivity index (χ1) is 6.47. The van der Waals surface area contributed by atoms with Crippen molar-refractivity contribution in [3.8, 4) is 0 Å². The molecule has 6 heteroatoms. The third-order valence-corrected chi connectivity index (χ3v) is 3.40. The van der Waals surface area contributed by atoms with Crippen LogP contribution in [0.15, 0.2) is 24.3 Å². The first-order valence-electron chi connectivity index (χ1n) is 3.95. The molecule has 0 aromatic heterocycles. The Morgan fingerprint density at radius 2 is 1.86 bits per heavy atom. The van der Waals surface area contributed by atoms with Crippen molar-refractivity contribution in [2.24, 2.45) is 0 Å². The summed E-state index contributed by atoms with van der Waals surface area (Å²) >= 11 is 5.61. The zero-order valence-electron chi connectivity index (χ0n) is 7.51. The monoisotopic (exact) mass is 235 g/mol. The van der Waals surface area contributed by atoms with Gasteiger partial charge in [0.05, 0.1) is 11.4 Å². The molecule has 1 aromatic carbocycles. The molecule has 0 radical (unpaired) electrons. The van der Waals surface area contributed by atoms with Gasteiger partial charge in [-0.2, -0.15) is 0 Å². The first-order valence-corrected chi connectivity index (χ1v) is 5.93.